The van der Waals surface area contributed by atoms with Gasteiger partial charge in [-0.2, -0.15) is 0 Å². The van der Waals surface area contributed by atoms with Gasteiger partial charge in [0.05, 0.1) is 6.61 Å². The Hall–Kier alpha value is -1.13. The summed E-state index contributed by atoms with van der Waals surface area (Å²) in [6.07, 6.45) is 1.74. The highest BCUT2D eigenvalue weighted by Gasteiger charge is 1.93. The fourth-order valence-electron chi connectivity index (χ4n) is 1.10. The highest BCUT2D eigenvalue weighted by molar-refractivity contribution is 6.18. The number of benzene rings is 1. The molecule has 1 nitrogen and oxygen atoms in total. The Kier molecular flexibility index (Phi) is 5.73. The van der Waals surface area contributed by atoms with Crippen molar-refractivity contribution in [2.24, 2.45) is 0 Å². The molecule has 0 heterocycles. The summed E-state index contributed by atoms with van der Waals surface area (Å²) in [5.74, 6) is 7.51. The molecule has 0 aliphatic rings. The summed E-state index contributed by atoms with van der Waals surface area (Å²) in [5.41, 5.74) is 0.980. The number of rotatable bonds is 4. The van der Waals surface area contributed by atoms with Gasteiger partial charge in [0.1, 0.15) is 5.75 Å². The average molecular weight is 223 g/mol. The molecule has 0 amide bonds. The van der Waals surface area contributed by atoms with Crippen LogP contribution in [0.2, 0.25) is 0 Å². The van der Waals surface area contributed by atoms with Crippen LogP contribution in [0.25, 0.3) is 0 Å². The first-order valence-corrected chi connectivity index (χ1v) is 5.68. The van der Waals surface area contributed by atoms with Crippen molar-refractivity contribution in [1.29, 1.82) is 0 Å². The molecule has 0 bridgehead atoms. The van der Waals surface area contributed by atoms with E-state index in [1.165, 1.54) is 0 Å². The number of alkyl halides is 1. The van der Waals surface area contributed by atoms with E-state index in [1.54, 1.807) is 0 Å². The van der Waals surface area contributed by atoms with E-state index in [1.807, 2.05) is 24.3 Å². The Labute approximate surface area is 96.4 Å². The molecule has 80 valence electrons. The highest BCUT2D eigenvalue weighted by Crippen LogP contribution is 2.12. The third-order valence-electron chi connectivity index (χ3n) is 1.76. The van der Waals surface area contributed by atoms with E-state index in [2.05, 4.69) is 18.8 Å². The van der Waals surface area contributed by atoms with Gasteiger partial charge in [-0.15, -0.1) is 11.6 Å². The lowest BCUT2D eigenvalue weighted by Gasteiger charge is -2.03. The summed E-state index contributed by atoms with van der Waals surface area (Å²) in [6.45, 7) is 2.84. The third kappa shape index (κ3) is 4.76. The van der Waals surface area contributed by atoms with Gasteiger partial charge < -0.3 is 4.74 Å². The van der Waals surface area contributed by atoms with Crippen LogP contribution in [0.4, 0.5) is 0 Å². The zero-order valence-electron chi connectivity index (χ0n) is 8.92. The quantitative estimate of drug-likeness (QED) is 0.560. The summed E-state index contributed by atoms with van der Waals surface area (Å²) in [4.78, 5) is 0. The summed E-state index contributed by atoms with van der Waals surface area (Å²) in [5, 5.41) is 0. The van der Waals surface area contributed by atoms with E-state index < -0.39 is 0 Å². The smallest absolute Gasteiger partial charge is 0.120 e. The molecule has 2 heteroatoms. The molecular weight excluding hydrogens is 208 g/mol. The first kappa shape index (κ1) is 11.9. The van der Waals surface area contributed by atoms with Crippen molar-refractivity contribution in [3.63, 3.8) is 0 Å². The molecule has 0 unspecified atom stereocenters. The summed E-state index contributed by atoms with van der Waals surface area (Å²) < 4.78 is 5.51. The molecule has 1 rings (SSSR count). The normalized spacial score (nSPS) is 9.20. The largest absolute Gasteiger partial charge is 0.494 e. The van der Waals surface area contributed by atoms with Gasteiger partial charge in [0.25, 0.3) is 0 Å². The van der Waals surface area contributed by atoms with E-state index in [0.717, 1.165) is 30.8 Å². The molecule has 1 aromatic carbocycles. The molecule has 0 atom stereocenters. The lowest BCUT2D eigenvalue weighted by Crippen LogP contribution is -1.94. The molecule has 0 spiro atoms. The molecule has 1 aromatic rings. The van der Waals surface area contributed by atoms with Gasteiger partial charge in [-0.25, -0.2) is 0 Å². The van der Waals surface area contributed by atoms with Gasteiger partial charge in [-0.05, 0) is 24.6 Å². The second-order valence-electron chi connectivity index (χ2n) is 3.12. The second kappa shape index (κ2) is 7.20. The minimum Gasteiger partial charge on any atom is -0.494 e. The fourth-order valence-corrected chi connectivity index (χ4v) is 1.19. The van der Waals surface area contributed by atoms with Crippen molar-refractivity contribution in [1.82, 2.24) is 0 Å². The topological polar surface area (TPSA) is 9.23 Å². The van der Waals surface area contributed by atoms with E-state index in [4.69, 9.17) is 16.3 Å². The van der Waals surface area contributed by atoms with Gasteiger partial charge in [-0.3, -0.25) is 0 Å². The summed E-state index contributed by atoms with van der Waals surface area (Å²) in [6, 6.07) is 7.83. The van der Waals surface area contributed by atoms with Crippen LogP contribution in [0, 0.1) is 11.8 Å². The van der Waals surface area contributed by atoms with Crippen LogP contribution in [0.15, 0.2) is 24.3 Å². The zero-order chi connectivity index (χ0) is 10.9. The van der Waals surface area contributed by atoms with Crippen molar-refractivity contribution in [3.8, 4) is 17.6 Å². The van der Waals surface area contributed by atoms with Crippen LogP contribution >= 0.6 is 11.6 Å². The second-order valence-corrected chi connectivity index (χ2v) is 3.50. The highest BCUT2D eigenvalue weighted by atomic mass is 35.5. The average Bonchev–Trinajstić information content (AvgIpc) is 2.27. The third-order valence-corrected chi connectivity index (χ3v) is 1.95. The van der Waals surface area contributed by atoms with Gasteiger partial charge in [0.2, 0.25) is 0 Å². The van der Waals surface area contributed by atoms with Gasteiger partial charge >= 0.3 is 0 Å². The first-order valence-electron chi connectivity index (χ1n) is 5.14. The van der Waals surface area contributed by atoms with Crippen molar-refractivity contribution in [2.45, 2.75) is 19.8 Å². The maximum Gasteiger partial charge on any atom is 0.120 e. The Morgan fingerprint density at radius 1 is 1.40 bits per heavy atom. The van der Waals surface area contributed by atoms with Crippen LogP contribution in [0.3, 0.4) is 0 Å². The van der Waals surface area contributed by atoms with Crippen molar-refractivity contribution in [2.75, 3.05) is 12.5 Å². The van der Waals surface area contributed by atoms with Crippen LogP contribution in [-0.2, 0) is 0 Å². The SMILES string of the molecule is CCCOc1cccc(C#CCCCl)c1. The molecule has 15 heavy (non-hydrogen) atoms. The molecule has 0 saturated carbocycles. The predicted molar refractivity (Wildman–Crippen MR) is 64.4 cm³/mol. The summed E-state index contributed by atoms with van der Waals surface area (Å²) in [7, 11) is 0. The lowest BCUT2D eigenvalue weighted by molar-refractivity contribution is 0.317. The molecule has 0 aromatic heterocycles. The van der Waals surface area contributed by atoms with Gasteiger partial charge in [0.15, 0.2) is 0 Å². The number of hydrogen-bond acceptors (Lipinski definition) is 1. The van der Waals surface area contributed by atoms with Gasteiger partial charge in [0, 0.05) is 17.9 Å². The minimum atomic E-state index is 0.582. The van der Waals surface area contributed by atoms with E-state index in [9.17, 15) is 0 Å². The molecule has 0 aliphatic heterocycles. The Morgan fingerprint density at radius 2 is 2.27 bits per heavy atom. The Balaban J connectivity index is 2.62. The molecule has 0 radical (unpaired) electrons. The minimum absolute atomic E-state index is 0.582. The monoisotopic (exact) mass is 222 g/mol. The van der Waals surface area contributed by atoms with Crippen LogP contribution in [0.5, 0.6) is 5.75 Å². The maximum atomic E-state index is 5.54. The standard InChI is InChI=1S/C13H15ClO/c1-2-10-15-13-8-5-7-12(11-13)6-3-4-9-14/h5,7-8,11H,2,4,9-10H2,1H3. The first-order chi connectivity index (χ1) is 7.36. The zero-order valence-corrected chi connectivity index (χ0v) is 9.68. The Bertz CT molecular complexity index is 349. The number of halogens is 1. The van der Waals surface area contributed by atoms with Crippen LogP contribution in [0.1, 0.15) is 25.3 Å². The van der Waals surface area contributed by atoms with E-state index in [0.29, 0.717) is 5.88 Å². The lowest BCUT2D eigenvalue weighted by atomic mass is 10.2. The van der Waals surface area contributed by atoms with E-state index in [-0.39, 0.29) is 0 Å². The number of hydrogen-bond donors (Lipinski definition) is 0. The maximum absolute atomic E-state index is 5.54. The Morgan fingerprint density at radius 3 is 3.00 bits per heavy atom. The molecule has 0 aliphatic carbocycles. The number of ether oxygens (including phenoxy) is 1. The van der Waals surface area contributed by atoms with E-state index >= 15 is 0 Å². The van der Waals surface area contributed by atoms with Crippen molar-refractivity contribution < 1.29 is 4.74 Å². The molecule has 0 fully saturated rings. The molecule has 0 N–H and O–H groups in total. The van der Waals surface area contributed by atoms with Crippen molar-refractivity contribution in [3.05, 3.63) is 29.8 Å². The molecule has 0 saturated heterocycles. The van der Waals surface area contributed by atoms with Crippen molar-refractivity contribution >= 4 is 11.6 Å². The molecular formula is C13H15ClO. The predicted octanol–water partition coefficient (Wildman–Crippen LogP) is 3.46. The van der Waals surface area contributed by atoms with Crippen LogP contribution < -0.4 is 4.74 Å². The summed E-state index contributed by atoms with van der Waals surface area (Å²) >= 11 is 5.54. The van der Waals surface area contributed by atoms with Crippen LogP contribution in [-0.4, -0.2) is 12.5 Å². The fraction of sp³-hybridized carbons (Fsp3) is 0.385. The van der Waals surface area contributed by atoms with Gasteiger partial charge in [-0.1, -0.05) is 24.8 Å².